The second-order valence-electron chi connectivity index (χ2n) is 6.16. The van der Waals surface area contributed by atoms with E-state index in [1.54, 1.807) is 38.6 Å². The van der Waals surface area contributed by atoms with Gasteiger partial charge in [0.15, 0.2) is 6.10 Å². The van der Waals surface area contributed by atoms with Gasteiger partial charge in [-0.3, -0.25) is 9.78 Å². The third-order valence-electron chi connectivity index (χ3n) is 4.10. The van der Waals surface area contributed by atoms with Crippen LogP contribution in [0.15, 0.2) is 73.1 Å². The molecule has 1 aromatic heterocycles. The molecule has 3 rings (SSSR count). The number of benzene rings is 2. The summed E-state index contributed by atoms with van der Waals surface area (Å²) in [5.41, 5.74) is 3.10. The molecule has 5 heteroatoms. The molecule has 0 aliphatic heterocycles. The van der Waals surface area contributed by atoms with E-state index < -0.39 is 6.10 Å². The van der Waals surface area contributed by atoms with Gasteiger partial charge < -0.3 is 14.8 Å². The van der Waals surface area contributed by atoms with Crippen molar-refractivity contribution in [2.24, 2.45) is 0 Å². The summed E-state index contributed by atoms with van der Waals surface area (Å²) < 4.78 is 10.9. The molecule has 2 aromatic carbocycles. The first-order valence-corrected chi connectivity index (χ1v) is 8.73. The second kappa shape index (κ2) is 8.85. The van der Waals surface area contributed by atoms with Crippen LogP contribution >= 0.6 is 0 Å². The average Bonchev–Trinajstić information content (AvgIpc) is 2.70. The van der Waals surface area contributed by atoms with E-state index in [0.29, 0.717) is 11.5 Å². The summed E-state index contributed by atoms with van der Waals surface area (Å²) >= 11 is 0. The predicted molar refractivity (Wildman–Crippen MR) is 105 cm³/mol. The van der Waals surface area contributed by atoms with Crippen molar-refractivity contribution in [3.05, 3.63) is 84.2 Å². The molecule has 0 saturated heterocycles. The van der Waals surface area contributed by atoms with Crippen LogP contribution in [0.5, 0.6) is 11.5 Å². The third kappa shape index (κ3) is 5.31. The zero-order valence-electron chi connectivity index (χ0n) is 15.4. The molecule has 1 heterocycles. The maximum Gasteiger partial charge on any atom is 0.265 e. The number of carbonyl (C=O) groups excluding carboxylic acids is 1. The SMILES string of the molecule is COc1cccc(O[C@@H](C)C(=O)Nc2ccc(Cc3ccncc3)cc2)c1. The van der Waals surface area contributed by atoms with Crippen LogP contribution in [0, 0.1) is 0 Å². The summed E-state index contributed by atoms with van der Waals surface area (Å²) in [5, 5.41) is 2.88. The minimum absolute atomic E-state index is 0.209. The zero-order valence-corrected chi connectivity index (χ0v) is 15.4. The van der Waals surface area contributed by atoms with Gasteiger partial charge in [0, 0.05) is 24.1 Å². The highest BCUT2D eigenvalue weighted by Crippen LogP contribution is 2.20. The number of amides is 1. The maximum atomic E-state index is 12.4. The summed E-state index contributed by atoms with van der Waals surface area (Å²) in [7, 11) is 1.59. The number of pyridine rings is 1. The van der Waals surface area contributed by atoms with Crippen LogP contribution in [0.3, 0.4) is 0 Å². The van der Waals surface area contributed by atoms with Crippen molar-refractivity contribution in [2.45, 2.75) is 19.4 Å². The molecule has 0 radical (unpaired) electrons. The molecule has 1 N–H and O–H groups in total. The van der Waals surface area contributed by atoms with E-state index in [1.807, 2.05) is 48.5 Å². The predicted octanol–water partition coefficient (Wildman–Crippen LogP) is 4.09. The van der Waals surface area contributed by atoms with Crippen LogP contribution in [0.25, 0.3) is 0 Å². The van der Waals surface area contributed by atoms with Crippen LogP contribution < -0.4 is 14.8 Å². The van der Waals surface area contributed by atoms with Gasteiger partial charge in [0.05, 0.1) is 7.11 Å². The van der Waals surface area contributed by atoms with Gasteiger partial charge in [0.2, 0.25) is 0 Å². The number of aromatic nitrogens is 1. The molecule has 1 atom stereocenters. The Kier molecular flexibility index (Phi) is 6.05. The first-order chi connectivity index (χ1) is 13.1. The number of nitrogens with one attached hydrogen (secondary N) is 1. The Morgan fingerprint density at radius 1 is 1.00 bits per heavy atom. The standard InChI is InChI=1S/C22H22N2O3/c1-16(27-21-5-3-4-20(15-21)26-2)22(25)24-19-8-6-17(7-9-19)14-18-10-12-23-13-11-18/h3-13,15-16H,14H2,1-2H3,(H,24,25)/t16-/m0/s1. The van der Waals surface area contributed by atoms with Gasteiger partial charge in [-0.15, -0.1) is 0 Å². The maximum absolute atomic E-state index is 12.4. The summed E-state index contributed by atoms with van der Waals surface area (Å²) in [6.45, 7) is 1.71. The van der Waals surface area contributed by atoms with Crippen LogP contribution in [-0.4, -0.2) is 24.1 Å². The fraction of sp³-hybridized carbons (Fsp3) is 0.182. The molecule has 0 unspecified atom stereocenters. The normalized spacial score (nSPS) is 11.5. The number of nitrogens with zero attached hydrogens (tertiary/aromatic N) is 1. The van der Waals surface area contributed by atoms with Gasteiger partial charge in [-0.2, -0.15) is 0 Å². The number of ether oxygens (including phenoxy) is 2. The zero-order chi connectivity index (χ0) is 19.1. The third-order valence-corrected chi connectivity index (χ3v) is 4.10. The van der Waals surface area contributed by atoms with E-state index in [9.17, 15) is 4.79 Å². The van der Waals surface area contributed by atoms with Crippen LogP contribution in [-0.2, 0) is 11.2 Å². The first-order valence-electron chi connectivity index (χ1n) is 8.73. The highest BCUT2D eigenvalue weighted by molar-refractivity contribution is 5.94. The van der Waals surface area contributed by atoms with Gasteiger partial charge in [-0.1, -0.05) is 18.2 Å². The van der Waals surface area contributed by atoms with E-state index in [4.69, 9.17) is 9.47 Å². The Hall–Kier alpha value is -3.34. The van der Waals surface area contributed by atoms with Crippen LogP contribution in [0.1, 0.15) is 18.1 Å². The van der Waals surface area contributed by atoms with Crippen molar-refractivity contribution in [3.63, 3.8) is 0 Å². The van der Waals surface area contributed by atoms with Crippen LogP contribution in [0.2, 0.25) is 0 Å². The Bertz CT molecular complexity index is 880. The van der Waals surface area contributed by atoms with Crippen molar-refractivity contribution in [2.75, 3.05) is 12.4 Å². The van der Waals surface area contributed by atoms with Gasteiger partial charge in [-0.25, -0.2) is 0 Å². The van der Waals surface area contributed by atoms with Crippen molar-refractivity contribution in [3.8, 4) is 11.5 Å². The second-order valence-corrected chi connectivity index (χ2v) is 6.16. The molecule has 0 aliphatic rings. The van der Waals surface area contributed by atoms with Gasteiger partial charge in [-0.05, 0) is 60.9 Å². The highest BCUT2D eigenvalue weighted by Gasteiger charge is 2.15. The molecule has 5 nitrogen and oxygen atoms in total. The van der Waals surface area contributed by atoms with Crippen molar-refractivity contribution >= 4 is 11.6 Å². The van der Waals surface area contributed by atoms with E-state index in [-0.39, 0.29) is 5.91 Å². The molecule has 3 aromatic rings. The molecule has 0 spiro atoms. The molecular formula is C22H22N2O3. The van der Waals surface area contributed by atoms with E-state index in [1.165, 1.54) is 11.1 Å². The van der Waals surface area contributed by atoms with E-state index >= 15 is 0 Å². The Morgan fingerprint density at radius 2 is 1.67 bits per heavy atom. The largest absolute Gasteiger partial charge is 0.497 e. The fourth-order valence-corrected chi connectivity index (χ4v) is 2.62. The van der Waals surface area contributed by atoms with E-state index in [0.717, 1.165) is 12.1 Å². The molecule has 0 saturated carbocycles. The number of hydrogen-bond acceptors (Lipinski definition) is 4. The number of carbonyl (C=O) groups is 1. The topological polar surface area (TPSA) is 60.5 Å². The monoisotopic (exact) mass is 362 g/mol. The number of methoxy groups -OCH3 is 1. The molecule has 27 heavy (non-hydrogen) atoms. The lowest BCUT2D eigenvalue weighted by Crippen LogP contribution is -2.30. The fourth-order valence-electron chi connectivity index (χ4n) is 2.62. The van der Waals surface area contributed by atoms with Crippen molar-refractivity contribution < 1.29 is 14.3 Å². The molecule has 0 bridgehead atoms. The van der Waals surface area contributed by atoms with Gasteiger partial charge in [0.25, 0.3) is 5.91 Å². The lowest BCUT2D eigenvalue weighted by molar-refractivity contribution is -0.122. The lowest BCUT2D eigenvalue weighted by atomic mass is 10.1. The molecule has 0 fully saturated rings. The molecular weight excluding hydrogens is 340 g/mol. The molecule has 1 amide bonds. The Labute approximate surface area is 159 Å². The quantitative estimate of drug-likeness (QED) is 0.688. The lowest BCUT2D eigenvalue weighted by Gasteiger charge is -2.15. The summed E-state index contributed by atoms with van der Waals surface area (Å²) in [5.74, 6) is 1.06. The van der Waals surface area contributed by atoms with Gasteiger partial charge in [0.1, 0.15) is 11.5 Å². The number of anilines is 1. The summed E-state index contributed by atoms with van der Waals surface area (Å²) in [6.07, 6.45) is 3.77. The summed E-state index contributed by atoms with van der Waals surface area (Å²) in [6, 6.07) is 19.0. The number of hydrogen-bond donors (Lipinski definition) is 1. The smallest absolute Gasteiger partial charge is 0.265 e. The molecule has 0 aliphatic carbocycles. The summed E-state index contributed by atoms with van der Waals surface area (Å²) in [4.78, 5) is 16.4. The Morgan fingerprint density at radius 3 is 2.37 bits per heavy atom. The first kappa shape index (κ1) is 18.5. The Balaban J connectivity index is 1.56. The minimum Gasteiger partial charge on any atom is -0.497 e. The van der Waals surface area contributed by atoms with Crippen LogP contribution in [0.4, 0.5) is 5.69 Å². The highest BCUT2D eigenvalue weighted by atomic mass is 16.5. The van der Waals surface area contributed by atoms with Crippen molar-refractivity contribution in [1.82, 2.24) is 4.98 Å². The molecule has 138 valence electrons. The average molecular weight is 362 g/mol. The number of rotatable bonds is 7. The van der Waals surface area contributed by atoms with Crippen molar-refractivity contribution in [1.29, 1.82) is 0 Å². The van der Waals surface area contributed by atoms with E-state index in [2.05, 4.69) is 10.3 Å². The minimum atomic E-state index is -0.631. The van der Waals surface area contributed by atoms with Gasteiger partial charge >= 0.3 is 0 Å².